The molecule has 110 valence electrons. The number of imidazole rings is 1. The molecule has 5 heteroatoms. The van der Waals surface area contributed by atoms with Gasteiger partial charge in [-0.3, -0.25) is 0 Å². The van der Waals surface area contributed by atoms with Crippen LogP contribution in [0.5, 0.6) is 5.75 Å². The van der Waals surface area contributed by atoms with E-state index in [0.29, 0.717) is 19.4 Å². The van der Waals surface area contributed by atoms with E-state index in [1.165, 1.54) is 0 Å². The molecule has 1 aromatic carbocycles. The van der Waals surface area contributed by atoms with Crippen molar-refractivity contribution in [2.24, 2.45) is 0 Å². The number of hydrogen-bond donors (Lipinski definition) is 2. The first-order valence-corrected chi connectivity index (χ1v) is 7.03. The Morgan fingerprint density at radius 1 is 1.25 bits per heavy atom. The van der Waals surface area contributed by atoms with E-state index in [2.05, 4.69) is 4.98 Å². The van der Waals surface area contributed by atoms with Crippen molar-refractivity contribution in [2.45, 2.75) is 39.3 Å². The highest BCUT2D eigenvalue weighted by Crippen LogP contribution is 2.23. The molecule has 2 N–H and O–H groups in total. The predicted molar refractivity (Wildman–Crippen MR) is 78.0 cm³/mol. The second-order valence-corrected chi connectivity index (χ2v) is 5.05. The van der Waals surface area contributed by atoms with Crippen LogP contribution in [0, 0.1) is 0 Å². The molecular formula is C15H22N2O3. The molecule has 1 heterocycles. The van der Waals surface area contributed by atoms with Gasteiger partial charge in [0.1, 0.15) is 11.6 Å². The topological polar surface area (TPSA) is 67.5 Å². The first kappa shape index (κ1) is 14.8. The van der Waals surface area contributed by atoms with E-state index in [9.17, 15) is 5.11 Å². The Morgan fingerprint density at radius 3 is 2.70 bits per heavy atom. The Labute approximate surface area is 118 Å². The van der Waals surface area contributed by atoms with Gasteiger partial charge < -0.3 is 19.5 Å². The van der Waals surface area contributed by atoms with Gasteiger partial charge in [0, 0.05) is 25.6 Å². The maximum absolute atomic E-state index is 9.20. The Balaban J connectivity index is 2.38. The number of benzene rings is 1. The van der Waals surface area contributed by atoms with Crippen LogP contribution in [0.4, 0.5) is 0 Å². The minimum atomic E-state index is 0.0713. The molecule has 0 saturated carbocycles. The smallest absolute Gasteiger partial charge is 0.121 e. The zero-order valence-electron chi connectivity index (χ0n) is 12.0. The van der Waals surface area contributed by atoms with Crippen molar-refractivity contribution in [3.63, 3.8) is 0 Å². The Kier molecular flexibility index (Phi) is 4.98. The zero-order chi connectivity index (χ0) is 14.5. The molecule has 0 fully saturated rings. The summed E-state index contributed by atoms with van der Waals surface area (Å²) in [5.41, 5.74) is 1.85. The van der Waals surface area contributed by atoms with Gasteiger partial charge in [-0.15, -0.1) is 0 Å². The van der Waals surface area contributed by atoms with Crippen molar-refractivity contribution >= 4 is 11.0 Å². The third-order valence-corrected chi connectivity index (χ3v) is 3.05. The summed E-state index contributed by atoms with van der Waals surface area (Å²) in [6.07, 6.45) is 1.50. The lowest BCUT2D eigenvalue weighted by Crippen LogP contribution is -2.07. The summed E-state index contributed by atoms with van der Waals surface area (Å²) in [4.78, 5) is 4.60. The Morgan fingerprint density at radius 2 is 2.05 bits per heavy atom. The van der Waals surface area contributed by atoms with Gasteiger partial charge in [0.25, 0.3) is 0 Å². The van der Waals surface area contributed by atoms with Crippen LogP contribution in [0.15, 0.2) is 18.2 Å². The number of aliphatic hydroxyl groups excluding tert-OH is 2. The van der Waals surface area contributed by atoms with Gasteiger partial charge in [0.05, 0.1) is 23.7 Å². The molecule has 5 nitrogen and oxygen atoms in total. The van der Waals surface area contributed by atoms with Crippen molar-refractivity contribution in [3.05, 3.63) is 24.0 Å². The summed E-state index contributed by atoms with van der Waals surface area (Å²) in [7, 11) is 0. The number of nitrogens with zero attached hydrogens (tertiary/aromatic N) is 2. The van der Waals surface area contributed by atoms with Crippen molar-refractivity contribution in [3.8, 4) is 5.75 Å². The normalized spacial score (nSPS) is 11.4. The van der Waals surface area contributed by atoms with E-state index < -0.39 is 0 Å². The third kappa shape index (κ3) is 3.29. The molecule has 20 heavy (non-hydrogen) atoms. The maximum atomic E-state index is 9.20. The largest absolute Gasteiger partial charge is 0.491 e. The number of rotatable bonds is 7. The first-order chi connectivity index (χ1) is 9.65. The molecule has 2 aromatic rings. The standard InChI is InChI=1S/C15H22N2O3/c1-11(2)20-12-5-6-14-13(10-12)16-15(4-3-8-18)17(14)7-9-19/h5-6,10-11,18-19H,3-4,7-9H2,1-2H3. The fourth-order valence-corrected chi connectivity index (χ4v) is 2.28. The van der Waals surface area contributed by atoms with Crippen LogP contribution in [-0.4, -0.2) is 39.1 Å². The quantitative estimate of drug-likeness (QED) is 0.809. The van der Waals surface area contributed by atoms with Crippen molar-refractivity contribution in [1.29, 1.82) is 0 Å². The van der Waals surface area contributed by atoms with Gasteiger partial charge in [-0.05, 0) is 32.4 Å². The van der Waals surface area contributed by atoms with Crippen LogP contribution < -0.4 is 4.74 Å². The summed E-state index contributed by atoms with van der Waals surface area (Å²) in [6, 6.07) is 5.82. The van der Waals surface area contributed by atoms with Gasteiger partial charge in [0.2, 0.25) is 0 Å². The fraction of sp³-hybridized carbons (Fsp3) is 0.533. The molecule has 0 amide bonds. The lowest BCUT2D eigenvalue weighted by molar-refractivity contribution is 0.242. The van der Waals surface area contributed by atoms with E-state index in [-0.39, 0.29) is 19.3 Å². The summed E-state index contributed by atoms with van der Waals surface area (Å²) in [6.45, 7) is 4.70. The maximum Gasteiger partial charge on any atom is 0.121 e. The van der Waals surface area contributed by atoms with Crippen molar-refractivity contribution < 1.29 is 14.9 Å². The van der Waals surface area contributed by atoms with E-state index in [1.54, 1.807) is 0 Å². The lowest BCUT2D eigenvalue weighted by Gasteiger charge is -2.10. The van der Waals surface area contributed by atoms with Crippen molar-refractivity contribution in [1.82, 2.24) is 9.55 Å². The summed E-state index contributed by atoms with van der Waals surface area (Å²) in [5, 5.41) is 18.2. The molecule has 1 aromatic heterocycles. The number of hydrogen-bond acceptors (Lipinski definition) is 4. The van der Waals surface area contributed by atoms with Gasteiger partial charge in [0.15, 0.2) is 0 Å². The molecule has 0 bridgehead atoms. The van der Waals surface area contributed by atoms with Crippen LogP contribution in [0.2, 0.25) is 0 Å². The summed E-state index contributed by atoms with van der Waals surface area (Å²) >= 11 is 0. The SMILES string of the molecule is CC(C)Oc1ccc2c(c1)nc(CCCO)n2CCO. The second-order valence-electron chi connectivity index (χ2n) is 5.05. The highest BCUT2D eigenvalue weighted by atomic mass is 16.5. The highest BCUT2D eigenvalue weighted by Gasteiger charge is 2.11. The van der Waals surface area contributed by atoms with Gasteiger partial charge in [-0.2, -0.15) is 0 Å². The van der Waals surface area contributed by atoms with E-state index >= 15 is 0 Å². The molecule has 0 spiro atoms. The lowest BCUT2D eigenvalue weighted by atomic mass is 10.3. The molecule has 0 aliphatic rings. The molecule has 0 radical (unpaired) electrons. The van der Waals surface area contributed by atoms with Crippen molar-refractivity contribution in [2.75, 3.05) is 13.2 Å². The van der Waals surface area contributed by atoms with Crippen LogP contribution in [0.1, 0.15) is 26.1 Å². The monoisotopic (exact) mass is 278 g/mol. The fourth-order valence-electron chi connectivity index (χ4n) is 2.28. The van der Waals surface area contributed by atoms with Gasteiger partial charge in [-0.25, -0.2) is 4.98 Å². The predicted octanol–water partition coefficient (Wildman–Crippen LogP) is 1.74. The van der Waals surface area contributed by atoms with E-state index in [1.807, 2.05) is 36.6 Å². The number of aliphatic hydroxyl groups is 2. The number of fused-ring (bicyclic) bond motifs is 1. The summed E-state index contributed by atoms with van der Waals surface area (Å²) in [5.74, 6) is 1.69. The van der Waals surface area contributed by atoms with E-state index in [4.69, 9.17) is 9.84 Å². The number of ether oxygens (including phenoxy) is 1. The summed E-state index contributed by atoms with van der Waals surface area (Å²) < 4.78 is 7.68. The zero-order valence-corrected chi connectivity index (χ0v) is 12.0. The number of aromatic nitrogens is 2. The molecule has 0 aliphatic carbocycles. The minimum Gasteiger partial charge on any atom is -0.491 e. The van der Waals surface area contributed by atoms with Crippen LogP contribution in [0.25, 0.3) is 11.0 Å². The molecule has 2 rings (SSSR count). The molecular weight excluding hydrogens is 256 g/mol. The van der Waals surface area contributed by atoms with Gasteiger partial charge in [-0.1, -0.05) is 0 Å². The molecule has 0 unspecified atom stereocenters. The van der Waals surface area contributed by atoms with Crippen LogP contribution in [0.3, 0.4) is 0 Å². The average molecular weight is 278 g/mol. The van der Waals surface area contributed by atoms with Crippen LogP contribution >= 0.6 is 0 Å². The Bertz CT molecular complexity index is 563. The minimum absolute atomic E-state index is 0.0713. The third-order valence-electron chi connectivity index (χ3n) is 3.05. The van der Waals surface area contributed by atoms with Gasteiger partial charge >= 0.3 is 0 Å². The molecule has 0 atom stereocenters. The molecule has 0 saturated heterocycles. The van der Waals surface area contributed by atoms with Crippen LogP contribution in [-0.2, 0) is 13.0 Å². The van der Waals surface area contributed by atoms with E-state index in [0.717, 1.165) is 22.6 Å². The Hall–Kier alpha value is -1.59. The second kappa shape index (κ2) is 6.72. The first-order valence-electron chi connectivity index (χ1n) is 7.03. The number of aryl methyl sites for hydroxylation is 1. The average Bonchev–Trinajstić information content (AvgIpc) is 2.73. The molecule has 0 aliphatic heterocycles. The highest BCUT2D eigenvalue weighted by molar-refractivity contribution is 5.77.